The van der Waals surface area contributed by atoms with Gasteiger partial charge >= 0.3 is 0 Å². The molecule has 2 rings (SSSR count). The summed E-state index contributed by atoms with van der Waals surface area (Å²) in [7, 11) is 0. The van der Waals surface area contributed by atoms with Crippen LogP contribution in [0.1, 0.15) is 51.7 Å². The summed E-state index contributed by atoms with van der Waals surface area (Å²) in [4.78, 5) is 8.79. The van der Waals surface area contributed by atoms with Crippen LogP contribution in [0.4, 0.5) is 0 Å². The molecular weight excluding hydrogens is 484 g/mol. The molecule has 21 heavy (non-hydrogen) atoms. The van der Waals surface area contributed by atoms with Crippen LogP contribution in [-0.4, -0.2) is 18.0 Å². The average molecular weight is 508 g/mol. The predicted octanol–water partition coefficient (Wildman–Crippen LogP) is 3.70. The minimum atomic E-state index is 0. The number of rotatable bonds is 2. The van der Waals surface area contributed by atoms with E-state index >= 15 is 0 Å². The Morgan fingerprint density at radius 1 is 1.24 bits per heavy atom. The van der Waals surface area contributed by atoms with Crippen molar-refractivity contribution in [2.24, 2.45) is 15.7 Å². The van der Waals surface area contributed by atoms with Crippen molar-refractivity contribution in [1.82, 2.24) is 0 Å². The molecule has 2 N–H and O–H groups in total. The van der Waals surface area contributed by atoms with Gasteiger partial charge in [0.25, 0.3) is 0 Å². The van der Waals surface area contributed by atoms with E-state index in [1.165, 1.54) is 5.56 Å². The summed E-state index contributed by atoms with van der Waals surface area (Å²) in [6, 6.07) is 9.48. The van der Waals surface area contributed by atoms with Gasteiger partial charge in [-0.2, -0.15) is 0 Å². The SMILES string of the molecule is CC.CC1=NC(N)=CCN=C1c1[c-]cc(C(C)C)cc1.[U]. The van der Waals surface area contributed by atoms with Gasteiger partial charge in [-0.05, 0) is 13.0 Å². The Hall–Kier alpha value is -0.848. The summed E-state index contributed by atoms with van der Waals surface area (Å²) in [5.41, 5.74) is 9.69. The van der Waals surface area contributed by atoms with Crippen LogP contribution in [0.15, 0.2) is 40.1 Å². The zero-order valence-electron chi connectivity index (χ0n) is 13.6. The molecule has 1 aromatic carbocycles. The molecule has 3 nitrogen and oxygen atoms in total. The minimum absolute atomic E-state index is 0. The standard InChI is InChI=1S/C15H18N3.C2H6.U/c1-10(2)12-4-6-13(7-5-12)15-11(3)18-14(16)8-9-17-15;1-2;/h4-6,8,10H,9,16H2,1-3H3;1-2H3;/q-1;;. The van der Waals surface area contributed by atoms with Crippen LogP contribution in [-0.2, 0) is 0 Å². The monoisotopic (exact) mass is 508 g/mol. The van der Waals surface area contributed by atoms with Gasteiger partial charge in [-0.1, -0.05) is 33.6 Å². The third-order valence-electron chi connectivity index (χ3n) is 2.95. The van der Waals surface area contributed by atoms with Crippen molar-refractivity contribution in [1.29, 1.82) is 0 Å². The summed E-state index contributed by atoms with van der Waals surface area (Å²) >= 11 is 0. The Labute approximate surface area is 152 Å². The van der Waals surface area contributed by atoms with E-state index in [2.05, 4.69) is 42.0 Å². The third kappa shape index (κ3) is 5.81. The van der Waals surface area contributed by atoms with Gasteiger partial charge in [0.15, 0.2) is 0 Å². The molecule has 0 amide bonds. The zero-order valence-corrected chi connectivity index (χ0v) is 17.7. The Morgan fingerprint density at radius 2 is 1.90 bits per heavy atom. The molecule has 0 fully saturated rings. The molecule has 4 heteroatoms. The molecule has 1 aliphatic heterocycles. The zero-order chi connectivity index (χ0) is 15.1. The second-order valence-corrected chi connectivity index (χ2v) is 4.71. The van der Waals surface area contributed by atoms with Crippen molar-refractivity contribution in [2.75, 3.05) is 6.54 Å². The van der Waals surface area contributed by atoms with Crippen molar-refractivity contribution in [3.63, 3.8) is 0 Å². The Balaban J connectivity index is 0.00000128. The summed E-state index contributed by atoms with van der Waals surface area (Å²) in [6.45, 7) is 10.8. The van der Waals surface area contributed by atoms with Gasteiger partial charge in [0, 0.05) is 42.5 Å². The first-order valence-corrected chi connectivity index (χ1v) is 7.15. The summed E-state index contributed by atoms with van der Waals surface area (Å²) in [6.07, 6.45) is 1.82. The first kappa shape index (κ1) is 20.2. The quantitative estimate of drug-likeness (QED) is 0.609. The molecule has 1 aromatic rings. The summed E-state index contributed by atoms with van der Waals surface area (Å²) < 4.78 is 0. The first-order chi connectivity index (χ1) is 9.58. The Bertz CT molecular complexity index is 525. The fourth-order valence-corrected chi connectivity index (χ4v) is 1.86. The predicted molar refractivity (Wildman–Crippen MR) is 87.5 cm³/mol. The van der Waals surface area contributed by atoms with Crippen LogP contribution in [0.2, 0.25) is 0 Å². The fourth-order valence-electron chi connectivity index (χ4n) is 1.86. The molecule has 0 unspecified atom stereocenters. The maximum absolute atomic E-state index is 5.72. The van der Waals surface area contributed by atoms with E-state index in [0.29, 0.717) is 18.3 Å². The third-order valence-corrected chi connectivity index (χ3v) is 2.95. The molecule has 1 heterocycles. The van der Waals surface area contributed by atoms with E-state index in [4.69, 9.17) is 5.73 Å². The Kier molecular flexibility index (Phi) is 9.57. The maximum atomic E-state index is 5.72. The van der Waals surface area contributed by atoms with E-state index in [-0.39, 0.29) is 31.1 Å². The van der Waals surface area contributed by atoms with Crippen molar-refractivity contribution in [3.05, 3.63) is 47.3 Å². The van der Waals surface area contributed by atoms with Crippen molar-refractivity contribution in [2.45, 2.75) is 40.5 Å². The van der Waals surface area contributed by atoms with Crippen LogP contribution in [0.5, 0.6) is 0 Å². The van der Waals surface area contributed by atoms with Crippen LogP contribution >= 0.6 is 0 Å². The van der Waals surface area contributed by atoms with Gasteiger partial charge in [-0.25, -0.2) is 4.99 Å². The van der Waals surface area contributed by atoms with Crippen LogP contribution in [0, 0.1) is 37.2 Å². The van der Waals surface area contributed by atoms with Crippen LogP contribution < -0.4 is 5.73 Å². The number of nitrogens with two attached hydrogens (primary N) is 1. The molecule has 0 atom stereocenters. The maximum Gasteiger partial charge on any atom is 0.120 e. The second-order valence-electron chi connectivity index (χ2n) is 4.71. The summed E-state index contributed by atoms with van der Waals surface area (Å²) in [5, 5.41) is 0. The fraction of sp³-hybridized carbons (Fsp3) is 0.412. The van der Waals surface area contributed by atoms with E-state index < -0.39 is 0 Å². The van der Waals surface area contributed by atoms with E-state index in [9.17, 15) is 0 Å². The van der Waals surface area contributed by atoms with Crippen LogP contribution in [0.3, 0.4) is 0 Å². The molecule has 112 valence electrons. The van der Waals surface area contributed by atoms with Gasteiger partial charge in [0.1, 0.15) is 5.82 Å². The van der Waals surface area contributed by atoms with E-state index in [1.807, 2.05) is 32.9 Å². The molecule has 0 saturated heterocycles. The molecule has 0 bridgehead atoms. The smallest absolute Gasteiger partial charge is 0.120 e. The van der Waals surface area contributed by atoms with Crippen molar-refractivity contribution >= 4 is 11.4 Å². The van der Waals surface area contributed by atoms with E-state index in [1.54, 1.807) is 0 Å². The van der Waals surface area contributed by atoms with Gasteiger partial charge in [-0.3, -0.25) is 0 Å². The number of aliphatic imine (C=N–C) groups is 2. The van der Waals surface area contributed by atoms with Gasteiger partial charge in [-0.15, -0.1) is 35.4 Å². The molecule has 0 radical (unpaired) electrons. The van der Waals surface area contributed by atoms with Gasteiger partial charge < -0.3 is 10.7 Å². The van der Waals surface area contributed by atoms with Crippen molar-refractivity contribution < 1.29 is 31.1 Å². The number of hydrogen-bond donors (Lipinski definition) is 1. The van der Waals surface area contributed by atoms with Crippen LogP contribution in [0.25, 0.3) is 0 Å². The number of nitrogens with zero attached hydrogens (tertiary/aromatic N) is 2. The summed E-state index contributed by atoms with van der Waals surface area (Å²) in [5.74, 6) is 1.04. The topological polar surface area (TPSA) is 50.7 Å². The molecule has 1 aliphatic rings. The normalized spacial score (nSPS) is 13.9. The van der Waals surface area contributed by atoms with Gasteiger partial charge in [0.2, 0.25) is 0 Å². The second kappa shape index (κ2) is 9.98. The largest absolute Gasteiger partial charge is 0.384 e. The average Bonchev–Trinajstić information content (AvgIpc) is 2.61. The molecule has 0 spiro atoms. The van der Waals surface area contributed by atoms with E-state index in [0.717, 1.165) is 17.0 Å². The number of benzene rings is 1. The molecular formula is C17H24N3U-. The van der Waals surface area contributed by atoms with Crippen molar-refractivity contribution in [3.8, 4) is 0 Å². The van der Waals surface area contributed by atoms with Gasteiger partial charge in [0.05, 0.1) is 6.54 Å². The molecule has 0 aromatic heterocycles. The first-order valence-electron chi connectivity index (χ1n) is 7.15. The molecule has 0 aliphatic carbocycles. The number of hydrogen-bond acceptors (Lipinski definition) is 3. The Morgan fingerprint density at radius 3 is 2.43 bits per heavy atom. The molecule has 0 saturated carbocycles. The minimum Gasteiger partial charge on any atom is -0.384 e.